The summed E-state index contributed by atoms with van der Waals surface area (Å²) in [5.74, 6) is 0. The fraction of sp³-hybridized carbons (Fsp3) is 0.333. The third-order valence-corrected chi connectivity index (χ3v) is 4.06. The Morgan fingerprint density at radius 2 is 2.18 bits per heavy atom. The number of thiophene rings is 1. The number of rotatable bonds is 2. The lowest BCUT2D eigenvalue weighted by Gasteiger charge is -2.18. The van der Waals surface area contributed by atoms with Crippen molar-refractivity contribution in [2.45, 2.75) is 26.3 Å². The van der Waals surface area contributed by atoms with E-state index in [2.05, 4.69) is 41.8 Å². The van der Waals surface area contributed by atoms with Crippen molar-refractivity contribution in [2.24, 2.45) is 0 Å². The number of hydrogen-bond acceptors (Lipinski definition) is 3. The average molecular weight is 313 g/mol. The van der Waals surface area contributed by atoms with E-state index in [9.17, 15) is 4.79 Å². The van der Waals surface area contributed by atoms with Crippen molar-refractivity contribution < 1.29 is 4.79 Å². The fourth-order valence-corrected chi connectivity index (χ4v) is 2.88. The first-order valence-corrected chi connectivity index (χ1v) is 6.89. The van der Waals surface area contributed by atoms with Crippen LogP contribution in [0.2, 0.25) is 0 Å². The van der Waals surface area contributed by atoms with Crippen molar-refractivity contribution in [2.75, 3.05) is 0 Å². The maximum absolute atomic E-state index is 11.1. The van der Waals surface area contributed by atoms with Crippen LogP contribution in [0.1, 0.15) is 31.1 Å². The molecule has 0 aliphatic carbocycles. The van der Waals surface area contributed by atoms with Gasteiger partial charge >= 0.3 is 0 Å². The van der Waals surface area contributed by atoms with Gasteiger partial charge in [-0.3, -0.25) is 9.48 Å². The number of hydrogen-bond donors (Lipinski definition) is 0. The van der Waals surface area contributed by atoms with E-state index in [0.717, 1.165) is 21.3 Å². The summed E-state index contributed by atoms with van der Waals surface area (Å²) in [6.07, 6.45) is 2.66. The molecule has 0 amide bonds. The van der Waals surface area contributed by atoms with Gasteiger partial charge in [0.15, 0.2) is 6.29 Å². The van der Waals surface area contributed by atoms with Gasteiger partial charge in [0.1, 0.15) is 5.69 Å². The van der Waals surface area contributed by atoms with Crippen LogP contribution in [0.5, 0.6) is 0 Å². The molecule has 0 radical (unpaired) electrons. The Bertz CT molecular complexity index is 551. The van der Waals surface area contributed by atoms with Crippen LogP contribution in [0.3, 0.4) is 0 Å². The maximum atomic E-state index is 11.1. The minimum atomic E-state index is -0.121. The van der Waals surface area contributed by atoms with Crippen molar-refractivity contribution in [1.82, 2.24) is 9.78 Å². The van der Waals surface area contributed by atoms with E-state index in [1.54, 1.807) is 17.5 Å². The van der Waals surface area contributed by atoms with Crippen molar-refractivity contribution >= 4 is 33.6 Å². The second kappa shape index (κ2) is 4.38. The zero-order valence-electron chi connectivity index (χ0n) is 9.90. The molecular weight excluding hydrogens is 300 g/mol. The lowest BCUT2D eigenvalue weighted by Crippen LogP contribution is -2.22. The number of aldehydes is 1. The molecule has 0 saturated heterocycles. The number of carbonyl (C=O) groups is 1. The maximum Gasteiger partial charge on any atom is 0.153 e. The van der Waals surface area contributed by atoms with Gasteiger partial charge in [0.25, 0.3) is 0 Å². The van der Waals surface area contributed by atoms with Gasteiger partial charge in [-0.2, -0.15) is 5.10 Å². The summed E-state index contributed by atoms with van der Waals surface area (Å²) in [5.41, 5.74) is 1.27. The summed E-state index contributed by atoms with van der Waals surface area (Å²) in [5, 5.41) is 6.50. The quantitative estimate of drug-likeness (QED) is 0.787. The molecule has 0 aliphatic heterocycles. The van der Waals surface area contributed by atoms with Gasteiger partial charge in [0, 0.05) is 16.0 Å². The largest absolute Gasteiger partial charge is 0.298 e. The third kappa shape index (κ3) is 2.50. The molecule has 0 atom stereocenters. The second-order valence-electron chi connectivity index (χ2n) is 4.80. The van der Waals surface area contributed by atoms with Crippen LogP contribution in [-0.4, -0.2) is 16.1 Å². The predicted molar refractivity (Wildman–Crippen MR) is 73.6 cm³/mol. The lowest BCUT2D eigenvalue weighted by molar-refractivity contribution is 0.112. The highest BCUT2D eigenvalue weighted by atomic mass is 79.9. The highest BCUT2D eigenvalue weighted by Gasteiger charge is 2.19. The van der Waals surface area contributed by atoms with Crippen LogP contribution in [0, 0.1) is 0 Å². The molecular formula is C12H13BrN2OS. The van der Waals surface area contributed by atoms with Gasteiger partial charge in [-0.05, 0) is 42.8 Å². The molecule has 0 aromatic carbocycles. The second-order valence-corrected chi connectivity index (χ2v) is 6.62. The van der Waals surface area contributed by atoms with Crippen LogP contribution in [-0.2, 0) is 5.54 Å². The first kappa shape index (κ1) is 12.5. The van der Waals surface area contributed by atoms with Gasteiger partial charge in [0.2, 0.25) is 0 Å². The van der Waals surface area contributed by atoms with Gasteiger partial charge < -0.3 is 0 Å². The molecule has 0 fully saturated rings. The molecule has 2 rings (SSSR count). The van der Waals surface area contributed by atoms with Crippen molar-refractivity contribution in [3.05, 3.63) is 27.7 Å². The Morgan fingerprint density at radius 3 is 2.65 bits per heavy atom. The molecule has 2 aromatic heterocycles. The smallest absolute Gasteiger partial charge is 0.153 e. The number of carbonyl (C=O) groups excluding carboxylic acids is 1. The molecule has 2 aromatic rings. The van der Waals surface area contributed by atoms with Gasteiger partial charge in [-0.25, -0.2) is 0 Å². The van der Waals surface area contributed by atoms with Crippen LogP contribution in [0.25, 0.3) is 10.6 Å². The van der Waals surface area contributed by atoms with E-state index in [1.165, 1.54) is 0 Å². The fourth-order valence-electron chi connectivity index (χ4n) is 1.45. The van der Waals surface area contributed by atoms with Crippen molar-refractivity contribution in [3.63, 3.8) is 0 Å². The first-order chi connectivity index (χ1) is 7.91. The Balaban J connectivity index is 2.54. The Hall–Kier alpha value is -0.940. The predicted octanol–water partition coefficient (Wildman–Crippen LogP) is 3.94. The standard InChI is InChI=1S/C12H13BrN2OS/c1-12(2,3)15-5-8(6-16)11(14-15)10-4-9(13)7-17-10/h4-7H,1-3H3. The molecule has 0 aliphatic rings. The lowest BCUT2D eigenvalue weighted by atomic mass is 10.1. The van der Waals surface area contributed by atoms with E-state index in [1.807, 2.05) is 16.1 Å². The molecule has 5 heteroatoms. The highest BCUT2D eigenvalue weighted by molar-refractivity contribution is 9.10. The van der Waals surface area contributed by atoms with E-state index in [0.29, 0.717) is 5.56 Å². The summed E-state index contributed by atoms with van der Waals surface area (Å²) in [4.78, 5) is 12.1. The minimum absolute atomic E-state index is 0.121. The van der Waals surface area contributed by atoms with Crippen LogP contribution in [0.4, 0.5) is 0 Å². The third-order valence-electron chi connectivity index (χ3n) is 2.36. The van der Waals surface area contributed by atoms with Gasteiger partial charge in [-0.1, -0.05) is 0 Å². The molecule has 2 heterocycles. The molecule has 17 heavy (non-hydrogen) atoms. The molecule has 0 N–H and O–H groups in total. The summed E-state index contributed by atoms with van der Waals surface area (Å²) in [6, 6.07) is 1.98. The van der Waals surface area contributed by atoms with Crippen LogP contribution in [0.15, 0.2) is 22.1 Å². The van der Waals surface area contributed by atoms with Crippen molar-refractivity contribution in [3.8, 4) is 10.6 Å². The van der Waals surface area contributed by atoms with Crippen LogP contribution >= 0.6 is 27.3 Å². The Morgan fingerprint density at radius 1 is 1.47 bits per heavy atom. The van der Waals surface area contributed by atoms with E-state index < -0.39 is 0 Å². The summed E-state index contributed by atoms with van der Waals surface area (Å²) in [7, 11) is 0. The molecule has 0 saturated carbocycles. The first-order valence-electron chi connectivity index (χ1n) is 5.21. The molecule has 0 bridgehead atoms. The highest BCUT2D eigenvalue weighted by Crippen LogP contribution is 2.31. The number of halogens is 1. The van der Waals surface area contributed by atoms with E-state index >= 15 is 0 Å². The number of aromatic nitrogens is 2. The average Bonchev–Trinajstić information content (AvgIpc) is 2.81. The topological polar surface area (TPSA) is 34.9 Å². The summed E-state index contributed by atoms with van der Waals surface area (Å²) >= 11 is 4.98. The molecule has 0 spiro atoms. The van der Waals surface area contributed by atoms with Crippen molar-refractivity contribution in [1.29, 1.82) is 0 Å². The minimum Gasteiger partial charge on any atom is -0.298 e. The SMILES string of the molecule is CC(C)(C)n1cc(C=O)c(-c2cc(Br)cs2)n1. The Labute approximate surface area is 113 Å². The van der Waals surface area contributed by atoms with Crippen LogP contribution < -0.4 is 0 Å². The Kier molecular flexibility index (Phi) is 3.23. The molecule has 90 valence electrons. The van der Waals surface area contributed by atoms with E-state index in [4.69, 9.17) is 0 Å². The monoisotopic (exact) mass is 312 g/mol. The number of nitrogens with zero attached hydrogens (tertiary/aromatic N) is 2. The van der Waals surface area contributed by atoms with Gasteiger partial charge in [0.05, 0.1) is 16.0 Å². The molecule has 3 nitrogen and oxygen atoms in total. The zero-order chi connectivity index (χ0) is 12.6. The van der Waals surface area contributed by atoms with Gasteiger partial charge in [-0.15, -0.1) is 11.3 Å². The summed E-state index contributed by atoms with van der Waals surface area (Å²) < 4.78 is 2.85. The zero-order valence-corrected chi connectivity index (χ0v) is 12.3. The summed E-state index contributed by atoms with van der Waals surface area (Å²) in [6.45, 7) is 6.17. The normalized spacial score (nSPS) is 11.8. The molecule has 0 unspecified atom stereocenters. The van der Waals surface area contributed by atoms with E-state index in [-0.39, 0.29) is 5.54 Å².